The van der Waals surface area contributed by atoms with Gasteiger partial charge in [-0.3, -0.25) is 14.5 Å². The molecule has 8 heteroatoms. The van der Waals surface area contributed by atoms with Crippen LogP contribution in [0.3, 0.4) is 0 Å². The fraction of sp³-hybridized carbons (Fsp3) is 0. The van der Waals surface area contributed by atoms with E-state index in [1.54, 1.807) is 41.3 Å². The maximum absolute atomic E-state index is 14.7. The molecule has 0 unspecified atom stereocenters. The van der Waals surface area contributed by atoms with Crippen LogP contribution in [0.4, 0.5) is 10.2 Å². The van der Waals surface area contributed by atoms with Gasteiger partial charge in [-0.1, -0.05) is 6.07 Å². The van der Waals surface area contributed by atoms with Gasteiger partial charge < -0.3 is 5.73 Å². The molecule has 0 bridgehead atoms. The van der Waals surface area contributed by atoms with Gasteiger partial charge in [-0.2, -0.15) is 5.10 Å². The molecule has 4 aromatic heterocycles. The second-order valence-electron chi connectivity index (χ2n) is 5.82. The number of nitrogens with one attached hydrogen (secondary N) is 1. The van der Waals surface area contributed by atoms with E-state index in [-0.39, 0.29) is 5.82 Å². The molecule has 3 N–H and O–H groups in total. The molecule has 0 aliphatic carbocycles. The minimum atomic E-state index is -0.404. The standard InChI is InChI=1S/C18H12FN7/c19-12-9-11(8-10-2-1-4-21-14(10)12)16-15(13-3-5-23-25-13)24-17(20)18-22-6-7-26(16)18/h1-9H,(H2,20,24)(H,23,25). The predicted octanol–water partition coefficient (Wildman–Crippen LogP) is 3.06. The lowest BCUT2D eigenvalue weighted by molar-refractivity contribution is 0.637. The van der Waals surface area contributed by atoms with Crippen LogP contribution in [0.25, 0.3) is 39.2 Å². The Morgan fingerprint density at radius 3 is 2.85 bits per heavy atom. The van der Waals surface area contributed by atoms with Gasteiger partial charge in [0.25, 0.3) is 0 Å². The smallest absolute Gasteiger partial charge is 0.180 e. The van der Waals surface area contributed by atoms with Crippen LogP contribution in [0.5, 0.6) is 0 Å². The molecular weight excluding hydrogens is 333 g/mol. The van der Waals surface area contributed by atoms with Gasteiger partial charge in [0.1, 0.15) is 17.0 Å². The molecule has 126 valence electrons. The highest BCUT2D eigenvalue weighted by atomic mass is 19.1. The number of nitrogens with zero attached hydrogens (tertiary/aromatic N) is 5. The summed E-state index contributed by atoms with van der Waals surface area (Å²) < 4.78 is 16.5. The second-order valence-corrected chi connectivity index (χ2v) is 5.82. The number of nitrogen functional groups attached to an aromatic ring is 1. The van der Waals surface area contributed by atoms with Crippen molar-refractivity contribution in [2.45, 2.75) is 0 Å². The summed E-state index contributed by atoms with van der Waals surface area (Å²) in [5, 5.41) is 7.57. The van der Waals surface area contributed by atoms with Gasteiger partial charge in [0.05, 0.1) is 11.4 Å². The summed E-state index contributed by atoms with van der Waals surface area (Å²) in [6, 6.07) is 8.70. The summed E-state index contributed by atoms with van der Waals surface area (Å²) in [7, 11) is 0. The number of nitrogens with two attached hydrogens (primary N) is 1. The summed E-state index contributed by atoms with van der Waals surface area (Å²) in [5.74, 6) is -0.120. The van der Waals surface area contributed by atoms with E-state index >= 15 is 0 Å². The first-order valence-corrected chi connectivity index (χ1v) is 7.89. The van der Waals surface area contributed by atoms with Gasteiger partial charge in [0.2, 0.25) is 0 Å². The first kappa shape index (κ1) is 14.5. The number of imidazole rings is 1. The van der Waals surface area contributed by atoms with E-state index in [0.29, 0.717) is 39.2 Å². The average Bonchev–Trinajstić information content (AvgIpc) is 3.33. The minimum absolute atomic E-state index is 0.284. The quantitative estimate of drug-likeness (QED) is 0.512. The molecule has 7 nitrogen and oxygen atoms in total. The van der Waals surface area contributed by atoms with Crippen molar-refractivity contribution in [3.8, 4) is 22.6 Å². The number of fused-ring (bicyclic) bond motifs is 2. The molecule has 5 rings (SSSR count). The Labute approximate surface area is 146 Å². The van der Waals surface area contributed by atoms with Crippen molar-refractivity contribution in [2.75, 3.05) is 5.73 Å². The van der Waals surface area contributed by atoms with Crippen molar-refractivity contribution in [1.82, 2.24) is 29.5 Å². The monoisotopic (exact) mass is 345 g/mol. The Morgan fingerprint density at radius 1 is 1.08 bits per heavy atom. The molecule has 0 saturated heterocycles. The van der Waals surface area contributed by atoms with Gasteiger partial charge in [-0.05, 0) is 24.3 Å². The van der Waals surface area contributed by atoms with Crippen molar-refractivity contribution in [2.24, 2.45) is 0 Å². The van der Waals surface area contributed by atoms with Crippen molar-refractivity contribution in [1.29, 1.82) is 0 Å². The topological polar surface area (TPSA) is 97.8 Å². The van der Waals surface area contributed by atoms with Gasteiger partial charge in [0, 0.05) is 35.7 Å². The number of aromatic amines is 1. The van der Waals surface area contributed by atoms with Crippen molar-refractivity contribution in [3.63, 3.8) is 0 Å². The normalized spacial score (nSPS) is 11.4. The van der Waals surface area contributed by atoms with Crippen LogP contribution in [0.1, 0.15) is 0 Å². The molecule has 5 aromatic rings. The molecule has 1 aromatic carbocycles. The summed E-state index contributed by atoms with van der Waals surface area (Å²) in [6.07, 6.45) is 6.60. The third-order valence-corrected chi connectivity index (χ3v) is 4.25. The first-order valence-electron chi connectivity index (χ1n) is 7.89. The van der Waals surface area contributed by atoms with Crippen LogP contribution in [0, 0.1) is 5.82 Å². The zero-order chi connectivity index (χ0) is 17.7. The predicted molar refractivity (Wildman–Crippen MR) is 95.7 cm³/mol. The summed E-state index contributed by atoms with van der Waals surface area (Å²) >= 11 is 0. The summed E-state index contributed by atoms with van der Waals surface area (Å²) in [6.45, 7) is 0. The number of H-pyrrole nitrogens is 1. The molecule has 0 saturated carbocycles. The molecular formula is C18H12FN7. The lowest BCUT2D eigenvalue weighted by Gasteiger charge is -2.13. The van der Waals surface area contributed by atoms with Crippen LogP contribution in [-0.4, -0.2) is 29.5 Å². The molecule has 0 amide bonds. The fourth-order valence-electron chi connectivity index (χ4n) is 3.15. The fourth-order valence-corrected chi connectivity index (χ4v) is 3.15. The molecule has 0 aliphatic heterocycles. The Hall–Kier alpha value is -3.81. The number of halogens is 1. The van der Waals surface area contributed by atoms with E-state index in [1.165, 1.54) is 6.07 Å². The summed E-state index contributed by atoms with van der Waals surface area (Å²) in [5.41, 5.74) is 9.44. The SMILES string of the molecule is Nc1nc(-c2ccn[nH]2)c(-c2cc(F)c3ncccc3c2)n2ccnc12. The van der Waals surface area contributed by atoms with E-state index in [9.17, 15) is 4.39 Å². The van der Waals surface area contributed by atoms with Gasteiger partial charge in [0.15, 0.2) is 11.5 Å². The largest absolute Gasteiger partial charge is 0.381 e. The zero-order valence-corrected chi connectivity index (χ0v) is 13.4. The lowest BCUT2D eigenvalue weighted by atomic mass is 10.0. The number of anilines is 1. The maximum atomic E-state index is 14.7. The van der Waals surface area contributed by atoms with E-state index in [1.807, 2.05) is 12.1 Å². The highest BCUT2D eigenvalue weighted by Crippen LogP contribution is 2.34. The van der Waals surface area contributed by atoms with Gasteiger partial charge in [-0.25, -0.2) is 14.4 Å². The number of pyridine rings is 1. The maximum Gasteiger partial charge on any atom is 0.180 e. The van der Waals surface area contributed by atoms with Gasteiger partial charge in [-0.15, -0.1) is 0 Å². The van der Waals surface area contributed by atoms with Crippen molar-refractivity contribution in [3.05, 3.63) is 60.9 Å². The van der Waals surface area contributed by atoms with Crippen LogP contribution < -0.4 is 5.73 Å². The first-order chi connectivity index (χ1) is 12.7. The zero-order valence-electron chi connectivity index (χ0n) is 13.4. The molecule has 0 radical (unpaired) electrons. The highest BCUT2D eigenvalue weighted by Gasteiger charge is 2.19. The molecule has 4 heterocycles. The molecule has 0 aliphatic rings. The van der Waals surface area contributed by atoms with Crippen LogP contribution in [0.15, 0.2) is 55.1 Å². The van der Waals surface area contributed by atoms with E-state index < -0.39 is 5.82 Å². The Kier molecular flexibility index (Phi) is 2.99. The number of hydrogen-bond donors (Lipinski definition) is 2. The third-order valence-electron chi connectivity index (χ3n) is 4.25. The third kappa shape index (κ3) is 2.05. The van der Waals surface area contributed by atoms with Gasteiger partial charge >= 0.3 is 0 Å². The number of rotatable bonds is 2. The molecule has 26 heavy (non-hydrogen) atoms. The Morgan fingerprint density at radius 2 is 2.00 bits per heavy atom. The highest BCUT2D eigenvalue weighted by molar-refractivity contribution is 5.89. The number of aromatic nitrogens is 6. The average molecular weight is 345 g/mol. The van der Waals surface area contributed by atoms with Crippen molar-refractivity contribution < 1.29 is 4.39 Å². The molecule has 0 spiro atoms. The van der Waals surface area contributed by atoms with Crippen LogP contribution in [-0.2, 0) is 0 Å². The Balaban J connectivity index is 1.91. The summed E-state index contributed by atoms with van der Waals surface area (Å²) in [4.78, 5) is 12.9. The molecule has 0 atom stereocenters. The van der Waals surface area contributed by atoms with Crippen molar-refractivity contribution >= 4 is 22.4 Å². The lowest BCUT2D eigenvalue weighted by Crippen LogP contribution is -2.04. The second kappa shape index (κ2) is 5.35. The van der Waals surface area contributed by atoms with Crippen LogP contribution >= 0.6 is 0 Å². The Bertz CT molecular complexity index is 1260. The molecule has 0 fully saturated rings. The van der Waals surface area contributed by atoms with E-state index in [2.05, 4.69) is 25.1 Å². The van der Waals surface area contributed by atoms with E-state index in [0.717, 1.165) is 0 Å². The number of benzene rings is 1. The van der Waals surface area contributed by atoms with E-state index in [4.69, 9.17) is 5.73 Å². The number of hydrogen-bond acceptors (Lipinski definition) is 5. The minimum Gasteiger partial charge on any atom is -0.381 e. The van der Waals surface area contributed by atoms with Crippen LogP contribution in [0.2, 0.25) is 0 Å².